The zero-order chi connectivity index (χ0) is 23.0. The Morgan fingerprint density at radius 1 is 1.19 bits per heavy atom. The number of ether oxygens (including phenoxy) is 2. The Labute approximate surface area is 186 Å². The van der Waals surface area contributed by atoms with Crippen LogP contribution in [0.1, 0.15) is 33.3 Å². The highest BCUT2D eigenvalue weighted by molar-refractivity contribution is 5.78. The molecule has 1 unspecified atom stereocenters. The van der Waals surface area contributed by atoms with Gasteiger partial charge in [0.2, 0.25) is 0 Å². The number of hydrogen-bond donors (Lipinski definition) is 3. The molecule has 3 N–H and O–H groups in total. The summed E-state index contributed by atoms with van der Waals surface area (Å²) in [6.45, 7) is 13.1. The second kappa shape index (κ2) is 11.3. The van der Waals surface area contributed by atoms with E-state index >= 15 is 0 Å². The summed E-state index contributed by atoms with van der Waals surface area (Å²) in [5.41, 5.74) is 0.888. The van der Waals surface area contributed by atoms with E-state index < -0.39 is 0 Å². The van der Waals surface area contributed by atoms with Crippen molar-refractivity contribution in [1.82, 2.24) is 10.2 Å². The molecule has 0 aromatic heterocycles. The molecule has 1 fully saturated rings. The lowest BCUT2D eigenvalue weighted by molar-refractivity contribution is -0.897. The number of amides is 2. The van der Waals surface area contributed by atoms with E-state index in [0.717, 1.165) is 35.8 Å². The first-order valence-corrected chi connectivity index (χ1v) is 11.1. The number of likely N-dealkylation sites (N-methyl/N-ethyl adjacent to an activating group) is 1. The van der Waals surface area contributed by atoms with Crippen molar-refractivity contribution < 1.29 is 28.9 Å². The summed E-state index contributed by atoms with van der Waals surface area (Å²) in [4.78, 5) is 29.2. The maximum Gasteiger partial charge on any atom is 0.278 e. The molecule has 0 saturated carbocycles. The van der Waals surface area contributed by atoms with Crippen LogP contribution in [0.25, 0.3) is 0 Å². The molecule has 0 radical (unpaired) electrons. The topological polar surface area (TPSA) is 76.8 Å². The van der Waals surface area contributed by atoms with Gasteiger partial charge < -0.3 is 29.5 Å². The third kappa shape index (κ3) is 8.38. The van der Waals surface area contributed by atoms with Crippen LogP contribution in [0.4, 0.5) is 0 Å². The van der Waals surface area contributed by atoms with Crippen molar-refractivity contribution >= 4 is 11.8 Å². The summed E-state index contributed by atoms with van der Waals surface area (Å²) < 4.78 is 11.0. The van der Waals surface area contributed by atoms with Crippen molar-refractivity contribution in [2.24, 2.45) is 0 Å². The van der Waals surface area contributed by atoms with Crippen molar-refractivity contribution in [2.75, 3.05) is 60.0 Å². The van der Waals surface area contributed by atoms with E-state index in [-0.39, 0.29) is 17.4 Å². The van der Waals surface area contributed by atoms with Crippen LogP contribution in [-0.2, 0) is 16.1 Å². The first-order valence-electron chi connectivity index (χ1n) is 11.1. The lowest BCUT2D eigenvalue weighted by Crippen LogP contribution is -3.16. The Hall–Kier alpha value is -2.32. The number of hydrogen-bond acceptors (Lipinski definition) is 4. The minimum Gasteiger partial charge on any atom is -0.493 e. The van der Waals surface area contributed by atoms with Gasteiger partial charge in [0.05, 0.1) is 46.9 Å². The van der Waals surface area contributed by atoms with Gasteiger partial charge >= 0.3 is 0 Å². The predicted octanol–water partition coefficient (Wildman–Crippen LogP) is -1.25. The molecule has 2 amide bonds. The summed E-state index contributed by atoms with van der Waals surface area (Å²) in [5.74, 6) is 1.68. The molecule has 1 heterocycles. The van der Waals surface area contributed by atoms with Crippen molar-refractivity contribution in [3.05, 3.63) is 23.8 Å². The number of carbonyl (C=O) groups is 2. The Morgan fingerprint density at radius 3 is 2.45 bits per heavy atom. The molecule has 31 heavy (non-hydrogen) atoms. The Bertz CT molecular complexity index is 740. The molecule has 0 bridgehead atoms. The molecule has 1 aromatic rings. The molecule has 8 nitrogen and oxygen atoms in total. The van der Waals surface area contributed by atoms with Gasteiger partial charge in [-0.05, 0) is 45.9 Å². The zero-order valence-corrected chi connectivity index (χ0v) is 20.0. The lowest BCUT2D eigenvalue weighted by atomic mass is 10.1. The molecule has 8 heteroatoms. The average Bonchev–Trinajstić information content (AvgIpc) is 2.68. The molecular weight excluding hydrogens is 396 g/mol. The number of rotatable bonds is 9. The van der Waals surface area contributed by atoms with E-state index in [0.29, 0.717) is 38.5 Å². The first-order chi connectivity index (χ1) is 14.6. The molecule has 0 aliphatic carbocycles. The maximum absolute atomic E-state index is 12.7. The van der Waals surface area contributed by atoms with Crippen molar-refractivity contribution in [1.29, 1.82) is 0 Å². The van der Waals surface area contributed by atoms with Gasteiger partial charge in [0.1, 0.15) is 6.54 Å². The Kier molecular flexibility index (Phi) is 9.13. The number of piperazine rings is 1. The summed E-state index contributed by atoms with van der Waals surface area (Å²) in [7, 11) is 3.66. The average molecular weight is 437 g/mol. The van der Waals surface area contributed by atoms with E-state index in [4.69, 9.17) is 9.47 Å². The van der Waals surface area contributed by atoms with Crippen LogP contribution in [0.2, 0.25) is 0 Å². The number of carbonyl (C=O) groups excluding carboxylic acids is 2. The van der Waals surface area contributed by atoms with Crippen molar-refractivity contribution in [3.63, 3.8) is 0 Å². The molecule has 1 saturated heterocycles. The molecule has 2 rings (SSSR count). The Balaban J connectivity index is 1.79. The molecule has 174 valence electrons. The Morgan fingerprint density at radius 2 is 1.87 bits per heavy atom. The summed E-state index contributed by atoms with van der Waals surface area (Å²) in [6, 6.07) is 5.92. The molecular formula is C23H40N4O4+2. The number of quaternary nitrogens is 2. The van der Waals surface area contributed by atoms with E-state index in [9.17, 15) is 9.59 Å². The summed E-state index contributed by atoms with van der Waals surface area (Å²) >= 11 is 0. The van der Waals surface area contributed by atoms with E-state index in [1.807, 2.05) is 57.8 Å². The molecule has 0 spiro atoms. The van der Waals surface area contributed by atoms with Crippen LogP contribution < -0.4 is 24.6 Å². The third-order valence-corrected chi connectivity index (χ3v) is 5.24. The first kappa shape index (κ1) is 24.9. The van der Waals surface area contributed by atoms with Gasteiger partial charge in [0.25, 0.3) is 11.8 Å². The third-order valence-electron chi connectivity index (χ3n) is 5.24. The largest absolute Gasteiger partial charge is 0.493 e. The van der Waals surface area contributed by atoms with E-state index in [1.54, 1.807) is 7.11 Å². The van der Waals surface area contributed by atoms with Crippen LogP contribution in [0.5, 0.6) is 11.5 Å². The van der Waals surface area contributed by atoms with Gasteiger partial charge in [0, 0.05) is 11.1 Å². The van der Waals surface area contributed by atoms with Gasteiger partial charge in [-0.25, -0.2) is 0 Å². The summed E-state index contributed by atoms with van der Waals surface area (Å²) in [5, 5.41) is 3.01. The van der Waals surface area contributed by atoms with Crippen LogP contribution in [0, 0.1) is 0 Å². The minimum atomic E-state index is -0.213. The number of nitrogens with zero attached hydrogens (tertiary/aromatic N) is 1. The molecule has 1 atom stereocenters. The predicted molar refractivity (Wildman–Crippen MR) is 120 cm³/mol. The van der Waals surface area contributed by atoms with Crippen LogP contribution in [0.15, 0.2) is 18.2 Å². The van der Waals surface area contributed by atoms with Gasteiger partial charge in [-0.2, -0.15) is 0 Å². The highest BCUT2D eigenvalue weighted by Gasteiger charge is 2.27. The van der Waals surface area contributed by atoms with E-state index in [1.165, 1.54) is 4.90 Å². The molecule has 1 aromatic carbocycles. The van der Waals surface area contributed by atoms with Crippen LogP contribution >= 0.6 is 0 Å². The lowest BCUT2D eigenvalue weighted by Gasteiger charge is -2.32. The highest BCUT2D eigenvalue weighted by Crippen LogP contribution is 2.27. The second-order valence-corrected chi connectivity index (χ2v) is 9.33. The van der Waals surface area contributed by atoms with Crippen LogP contribution in [-0.4, -0.2) is 82.3 Å². The fourth-order valence-electron chi connectivity index (χ4n) is 3.82. The number of benzene rings is 1. The molecule has 1 aliphatic heterocycles. The van der Waals surface area contributed by atoms with E-state index in [2.05, 4.69) is 5.32 Å². The number of methoxy groups -OCH3 is 1. The molecule has 1 aliphatic rings. The van der Waals surface area contributed by atoms with Gasteiger partial charge in [-0.1, -0.05) is 0 Å². The van der Waals surface area contributed by atoms with Crippen molar-refractivity contribution in [3.8, 4) is 11.5 Å². The van der Waals surface area contributed by atoms with Gasteiger partial charge in [-0.15, -0.1) is 0 Å². The smallest absolute Gasteiger partial charge is 0.278 e. The fourth-order valence-corrected chi connectivity index (χ4v) is 3.82. The second-order valence-electron chi connectivity index (χ2n) is 9.33. The SMILES string of the molecule is CCOc1ccc(C[NH+](C)CC(=O)N2CC[NH+](CC(=O)NC(C)(C)C)CC2)cc1OC. The minimum absolute atomic E-state index is 0.0669. The fraction of sp³-hybridized carbons (Fsp3) is 0.652. The maximum atomic E-state index is 12.7. The monoisotopic (exact) mass is 436 g/mol. The van der Waals surface area contributed by atoms with Crippen molar-refractivity contribution in [2.45, 2.75) is 39.8 Å². The number of nitrogens with one attached hydrogen (secondary N) is 3. The quantitative estimate of drug-likeness (QED) is 0.452. The van der Waals surface area contributed by atoms with Gasteiger partial charge in [-0.3, -0.25) is 9.59 Å². The van der Waals surface area contributed by atoms with Crippen LogP contribution in [0.3, 0.4) is 0 Å². The standard InChI is InChI=1S/C23H38N4O4/c1-7-31-19-9-8-18(14-20(19)30-6)15-25(5)17-22(29)27-12-10-26(11-13-27)16-21(28)24-23(2,3)4/h8-9,14H,7,10-13,15-17H2,1-6H3,(H,24,28)/p+2. The highest BCUT2D eigenvalue weighted by atomic mass is 16.5. The van der Waals surface area contributed by atoms with Gasteiger partial charge in [0.15, 0.2) is 24.6 Å². The zero-order valence-electron chi connectivity index (χ0n) is 20.0. The summed E-state index contributed by atoms with van der Waals surface area (Å²) in [6.07, 6.45) is 0. The normalized spacial score (nSPS) is 16.0.